The summed E-state index contributed by atoms with van der Waals surface area (Å²) < 4.78 is 6.43. The molecule has 2 aromatic heterocycles. The summed E-state index contributed by atoms with van der Waals surface area (Å²) >= 11 is -0.118. The number of nitrogen functional groups attached to an aromatic ring is 1. The van der Waals surface area contributed by atoms with Crippen molar-refractivity contribution in [2.45, 2.75) is 6.92 Å². The molecule has 0 saturated heterocycles. The number of aromatic nitrogens is 1. The Balaban J connectivity index is 2.53. The molecule has 0 aliphatic heterocycles. The SMILES string of the molecule is CCOC(=O)c1[se]c2ncccc2c1N. The van der Waals surface area contributed by atoms with E-state index in [1.54, 1.807) is 13.1 Å². The van der Waals surface area contributed by atoms with Crippen molar-refractivity contribution in [1.29, 1.82) is 0 Å². The number of anilines is 1. The van der Waals surface area contributed by atoms with Crippen molar-refractivity contribution in [3.05, 3.63) is 22.8 Å². The monoisotopic (exact) mass is 270 g/mol. The van der Waals surface area contributed by atoms with Crippen LogP contribution in [0.5, 0.6) is 0 Å². The van der Waals surface area contributed by atoms with Crippen LogP contribution < -0.4 is 5.73 Å². The maximum atomic E-state index is 11.6. The molecule has 4 nitrogen and oxygen atoms in total. The van der Waals surface area contributed by atoms with Gasteiger partial charge in [-0.05, 0) is 0 Å². The minimum absolute atomic E-state index is 0.118. The van der Waals surface area contributed by atoms with Crippen LogP contribution in [0, 0.1) is 0 Å². The normalized spacial score (nSPS) is 10.5. The van der Waals surface area contributed by atoms with Gasteiger partial charge >= 0.3 is 92.5 Å². The van der Waals surface area contributed by atoms with Crippen LogP contribution in [-0.4, -0.2) is 32.1 Å². The van der Waals surface area contributed by atoms with Gasteiger partial charge in [0.1, 0.15) is 0 Å². The molecule has 78 valence electrons. The zero-order valence-electron chi connectivity index (χ0n) is 8.19. The molecule has 0 aromatic carbocycles. The number of hydrogen-bond acceptors (Lipinski definition) is 4. The van der Waals surface area contributed by atoms with E-state index in [0.717, 1.165) is 9.78 Å². The van der Waals surface area contributed by atoms with E-state index >= 15 is 0 Å². The van der Waals surface area contributed by atoms with Crippen molar-refractivity contribution >= 4 is 35.9 Å². The molecule has 5 heteroatoms. The van der Waals surface area contributed by atoms with Crippen molar-refractivity contribution < 1.29 is 9.53 Å². The number of rotatable bonds is 2. The van der Waals surface area contributed by atoms with Crippen LogP contribution in [0.1, 0.15) is 16.2 Å². The Morgan fingerprint density at radius 1 is 1.67 bits per heavy atom. The third-order valence-corrected chi connectivity index (χ3v) is 4.29. The van der Waals surface area contributed by atoms with E-state index < -0.39 is 0 Å². The van der Waals surface area contributed by atoms with Crippen LogP contribution in [-0.2, 0) is 4.74 Å². The van der Waals surface area contributed by atoms with E-state index in [4.69, 9.17) is 10.5 Å². The summed E-state index contributed by atoms with van der Waals surface area (Å²) in [6.07, 6.45) is 1.71. The van der Waals surface area contributed by atoms with Gasteiger partial charge in [0.2, 0.25) is 0 Å². The molecule has 15 heavy (non-hydrogen) atoms. The second kappa shape index (κ2) is 4.04. The Labute approximate surface area is 92.8 Å². The quantitative estimate of drug-likeness (QED) is 0.653. The summed E-state index contributed by atoms with van der Waals surface area (Å²) in [5.41, 5.74) is 6.40. The van der Waals surface area contributed by atoms with Crippen molar-refractivity contribution in [3.63, 3.8) is 0 Å². The van der Waals surface area contributed by atoms with Crippen molar-refractivity contribution in [2.75, 3.05) is 12.3 Å². The molecule has 0 radical (unpaired) electrons. The van der Waals surface area contributed by atoms with Crippen molar-refractivity contribution in [1.82, 2.24) is 4.98 Å². The van der Waals surface area contributed by atoms with E-state index in [2.05, 4.69) is 4.98 Å². The van der Waals surface area contributed by atoms with Crippen LogP contribution in [0.15, 0.2) is 18.3 Å². The van der Waals surface area contributed by atoms with Crippen LogP contribution in [0.2, 0.25) is 0 Å². The fourth-order valence-corrected chi connectivity index (χ4v) is 3.31. The first-order chi connectivity index (χ1) is 7.24. The fourth-order valence-electron chi connectivity index (χ4n) is 1.30. The number of pyridine rings is 1. The number of fused-ring (bicyclic) bond motifs is 1. The Morgan fingerprint density at radius 3 is 3.13 bits per heavy atom. The number of ether oxygens (including phenoxy) is 1. The summed E-state index contributed by atoms with van der Waals surface area (Å²) in [7, 11) is 0. The summed E-state index contributed by atoms with van der Waals surface area (Å²) in [6, 6.07) is 3.70. The number of carbonyl (C=O) groups is 1. The van der Waals surface area contributed by atoms with Gasteiger partial charge in [0, 0.05) is 0 Å². The molecule has 0 amide bonds. The van der Waals surface area contributed by atoms with Gasteiger partial charge in [-0.3, -0.25) is 0 Å². The van der Waals surface area contributed by atoms with Gasteiger partial charge in [-0.1, -0.05) is 0 Å². The molecule has 0 atom stereocenters. The summed E-state index contributed by atoms with van der Waals surface area (Å²) in [5, 5.41) is 0.876. The second-order valence-electron chi connectivity index (χ2n) is 2.92. The standard InChI is InChI=1S/C10H10N2O2Se/c1-2-14-10(13)8-7(11)6-4-3-5-12-9(6)15-8/h3-5H,2,11H2,1H3. The molecule has 0 spiro atoms. The zero-order valence-corrected chi connectivity index (χ0v) is 9.90. The summed E-state index contributed by atoms with van der Waals surface area (Å²) in [5.74, 6) is -0.312. The second-order valence-corrected chi connectivity index (χ2v) is 5.02. The molecule has 0 aliphatic carbocycles. The van der Waals surface area contributed by atoms with Gasteiger partial charge in [-0.2, -0.15) is 0 Å². The van der Waals surface area contributed by atoms with E-state index in [0.29, 0.717) is 16.7 Å². The predicted molar refractivity (Wildman–Crippen MR) is 59.1 cm³/mol. The number of carbonyl (C=O) groups excluding carboxylic acids is 1. The zero-order chi connectivity index (χ0) is 10.8. The maximum absolute atomic E-state index is 11.6. The fraction of sp³-hybridized carbons (Fsp3) is 0.200. The molecule has 0 aliphatic rings. The molecule has 0 saturated carbocycles. The number of hydrogen-bond donors (Lipinski definition) is 1. The minimum atomic E-state index is -0.312. The van der Waals surface area contributed by atoms with Gasteiger partial charge in [0.15, 0.2) is 0 Å². The molecule has 2 rings (SSSR count). The molecule has 0 unspecified atom stereocenters. The average Bonchev–Trinajstić information content (AvgIpc) is 2.57. The van der Waals surface area contributed by atoms with Gasteiger partial charge in [0.05, 0.1) is 0 Å². The van der Waals surface area contributed by atoms with E-state index in [1.807, 2.05) is 12.1 Å². The summed E-state index contributed by atoms with van der Waals surface area (Å²) in [4.78, 5) is 15.8. The third kappa shape index (κ3) is 1.76. The molecule has 0 bridgehead atoms. The van der Waals surface area contributed by atoms with E-state index in [1.165, 1.54) is 0 Å². The van der Waals surface area contributed by atoms with E-state index in [-0.39, 0.29) is 20.5 Å². The van der Waals surface area contributed by atoms with Crippen LogP contribution in [0.25, 0.3) is 9.78 Å². The van der Waals surface area contributed by atoms with Gasteiger partial charge < -0.3 is 0 Å². The third-order valence-electron chi connectivity index (χ3n) is 1.97. The first-order valence-electron chi connectivity index (χ1n) is 4.54. The van der Waals surface area contributed by atoms with Gasteiger partial charge in [-0.15, -0.1) is 0 Å². The molecule has 2 aromatic rings. The topological polar surface area (TPSA) is 65.2 Å². The van der Waals surface area contributed by atoms with Gasteiger partial charge in [-0.25, -0.2) is 0 Å². The Kier molecular flexibility index (Phi) is 2.75. The molecular weight excluding hydrogens is 259 g/mol. The Bertz CT molecular complexity index is 507. The van der Waals surface area contributed by atoms with Crippen LogP contribution in [0.4, 0.5) is 5.69 Å². The number of nitrogens with two attached hydrogens (primary N) is 1. The first kappa shape index (κ1) is 10.2. The van der Waals surface area contributed by atoms with Gasteiger partial charge in [0.25, 0.3) is 0 Å². The molecule has 2 N–H and O–H groups in total. The summed E-state index contributed by atoms with van der Waals surface area (Å²) in [6.45, 7) is 2.15. The number of nitrogens with zero attached hydrogens (tertiary/aromatic N) is 1. The van der Waals surface area contributed by atoms with Crippen molar-refractivity contribution in [3.8, 4) is 0 Å². The van der Waals surface area contributed by atoms with Crippen LogP contribution in [0.3, 0.4) is 0 Å². The Hall–Kier alpha value is -1.32. The number of esters is 1. The van der Waals surface area contributed by atoms with Crippen LogP contribution >= 0.6 is 0 Å². The van der Waals surface area contributed by atoms with E-state index in [9.17, 15) is 4.79 Å². The molecular formula is C10H10N2O2Se. The van der Waals surface area contributed by atoms with Crippen molar-refractivity contribution in [2.24, 2.45) is 0 Å². The molecule has 0 fully saturated rings. The Morgan fingerprint density at radius 2 is 2.47 bits per heavy atom. The molecule has 2 heterocycles. The average molecular weight is 269 g/mol. The first-order valence-corrected chi connectivity index (χ1v) is 6.25. The predicted octanol–water partition coefficient (Wildman–Crippen LogP) is 1.05.